The van der Waals surface area contributed by atoms with Crippen molar-refractivity contribution in [2.45, 2.75) is 19.4 Å². The van der Waals surface area contributed by atoms with E-state index in [-0.39, 0.29) is 5.91 Å². The minimum Gasteiger partial charge on any atom is -0.349 e. The number of rotatable bonds is 6. The fraction of sp³-hybridized carbons (Fsp3) is 0.214. The highest BCUT2D eigenvalue weighted by molar-refractivity contribution is 6.30. The molecule has 0 aliphatic rings. The second-order valence-corrected chi connectivity index (χ2v) is 5.83. The zero-order valence-corrected chi connectivity index (χ0v) is 13.9. The Balaban J connectivity index is 1.61. The highest BCUT2D eigenvalue weighted by Crippen LogP contribution is 2.20. The maximum Gasteiger partial charge on any atom is 0.220 e. The zero-order valence-electron chi connectivity index (χ0n) is 12.4. The van der Waals surface area contributed by atoms with Crippen molar-refractivity contribution in [3.63, 3.8) is 0 Å². The van der Waals surface area contributed by atoms with Crippen LogP contribution in [0.1, 0.15) is 17.8 Å². The molecule has 8 nitrogen and oxygen atoms in total. The number of hydrogen-bond donors (Lipinski definition) is 2. The van der Waals surface area contributed by atoms with Crippen molar-refractivity contribution in [1.29, 1.82) is 0 Å². The number of benzene rings is 1. The molecule has 3 rings (SSSR count). The second-order valence-electron chi connectivity index (χ2n) is 4.98. The van der Waals surface area contributed by atoms with E-state index in [2.05, 4.69) is 30.8 Å². The van der Waals surface area contributed by atoms with Gasteiger partial charge in [0.05, 0.1) is 18.4 Å². The van der Waals surface area contributed by atoms with Crippen molar-refractivity contribution in [1.82, 2.24) is 35.5 Å². The van der Waals surface area contributed by atoms with E-state index in [4.69, 9.17) is 23.2 Å². The number of halogens is 2. The molecule has 0 spiro atoms. The Kier molecular flexibility index (Phi) is 5.07. The van der Waals surface area contributed by atoms with E-state index < -0.39 is 0 Å². The van der Waals surface area contributed by atoms with E-state index in [9.17, 15) is 4.79 Å². The van der Waals surface area contributed by atoms with E-state index in [1.807, 2.05) is 6.07 Å². The summed E-state index contributed by atoms with van der Waals surface area (Å²) in [5.74, 6) is 0.496. The maximum atomic E-state index is 12.0. The summed E-state index contributed by atoms with van der Waals surface area (Å²) in [5, 5.41) is 14.9. The molecule has 2 heterocycles. The number of aryl methyl sites for hydroxylation is 1. The molecule has 0 fully saturated rings. The zero-order chi connectivity index (χ0) is 16.9. The molecule has 0 bridgehead atoms. The summed E-state index contributed by atoms with van der Waals surface area (Å²) in [4.78, 5) is 18.9. The van der Waals surface area contributed by atoms with Gasteiger partial charge in [-0.1, -0.05) is 23.2 Å². The first-order valence-corrected chi connectivity index (χ1v) is 7.85. The van der Waals surface area contributed by atoms with E-state index in [1.165, 1.54) is 17.2 Å². The van der Waals surface area contributed by atoms with Crippen molar-refractivity contribution >= 4 is 29.1 Å². The van der Waals surface area contributed by atoms with Gasteiger partial charge in [-0.3, -0.25) is 4.79 Å². The number of carbonyl (C=O) groups excluding carboxylic acids is 1. The van der Waals surface area contributed by atoms with Gasteiger partial charge >= 0.3 is 0 Å². The van der Waals surface area contributed by atoms with Gasteiger partial charge in [0.2, 0.25) is 5.91 Å². The Bertz CT molecular complexity index is 832. The van der Waals surface area contributed by atoms with Crippen LogP contribution < -0.4 is 5.32 Å². The SMILES string of the molecule is O=C(CCc1cc(Cl)ccc1-n1cnnn1)NCc1ncc(Cl)[nH]1. The number of hydrogen-bond acceptors (Lipinski definition) is 5. The Morgan fingerprint density at radius 2 is 2.21 bits per heavy atom. The third-order valence-electron chi connectivity index (χ3n) is 3.31. The molecule has 0 radical (unpaired) electrons. The van der Waals surface area contributed by atoms with Crippen LogP contribution in [0.3, 0.4) is 0 Å². The average molecular weight is 366 g/mol. The summed E-state index contributed by atoms with van der Waals surface area (Å²) in [5.41, 5.74) is 1.67. The molecular weight excluding hydrogens is 353 g/mol. The normalized spacial score (nSPS) is 10.8. The first kappa shape index (κ1) is 16.4. The Morgan fingerprint density at radius 1 is 1.33 bits per heavy atom. The van der Waals surface area contributed by atoms with Gasteiger partial charge in [0, 0.05) is 11.4 Å². The van der Waals surface area contributed by atoms with Gasteiger partial charge in [0.15, 0.2) is 0 Å². The number of nitrogens with zero attached hydrogens (tertiary/aromatic N) is 5. The lowest BCUT2D eigenvalue weighted by molar-refractivity contribution is -0.121. The van der Waals surface area contributed by atoms with Gasteiger partial charge in [-0.25, -0.2) is 9.67 Å². The number of aromatic amines is 1. The molecule has 0 saturated carbocycles. The molecule has 1 aromatic carbocycles. The van der Waals surface area contributed by atoms with Crippen molar-refractivity contribution in [2.24, 2.45) is 0 Å². The summed E-state index contributed by atoms with van der Waals surface area (Å²) >= 11 is 11.8. The molecule has 1 amide bonds. The molecule has 2 N–H and O–H groups in total. The Morgan fingerprint density at radius 3 is 2.92 bits per heavy atom. The van der Waals surface area contributed by atoms with Gasteiger partial charge < -0.3 is 10.3 Å². The number of aromatic nitrogens is 6. The first-order chi connectivity index (χ1) is 11.6. The van der Waals surface area contributed by atoms with Crippen LogP contribution >= 0.6 is 23.2 Å². The van der Waals surface area contributed by atoms with Gasteiger partial charge in [-0.05, 0) is 40.6 Å². The van der Waals surface area contributed by atoms with E-state index in [1.54, 1.807) is 12.1 Å². The van der Waals surface area contributed by atoms with Gasteiger partial charge in [-0.15, -0.1) is 5.10 Å². The van der Waals surface area contributed by atoms with Crippen LogP contribution in [0.15, 0.2) is 30.7 Å². The lowest BCUT2D eigenvalue weighted by Gasteiger charge is -2.09. The monoisotopic (exact) mass is 365 g/mol. The topological polar surface area (TPSA) is 101 Å². The van der Waals surface area contributed by atoms with Crippen LogP contribution in [-0.2, 0) is 17.8 Å². The first-order valence-electron chi connectivity index (χ1n) is 7.09. The summed E-state index contributed by atoms with van der Waals surface area (Å²) < 4.78 is 1.54. The lowest BCUT2D eigenvalue weighted by atomic mass is 10.1. The Labute approximate surface area is 147 Å². The lowest BCUT2D eigenvalue weighted by Crippen LogP contribution is -2.23. The molecule has 124 valence electrons. The fourth-order valence-electron chi connectivity index (χ4n) is 2.20. The largest absolute Gasteiger partial charge is 0.349 e. The number of tetrazole rings is 1. The third-order valence-corrected chi connectivity index (χ3v) is 3.74. The van der Waals surface area contributed by atoms with E-state index in [0.717, 1.165) is 11.3 Å². The highest BCUT2D eigenvalue weighted by atomic mass is 35.5. The second kappa shape index (κ2) is 7.41. The molecule has 0 saturated heterocycles. The average Bonchev–Trinajstić information content (AvgIpc) is 3.22. The van der Waals surface area contributed by atoms with Crippen LogP contribution in [0.5, 0.6) is 0 Å². The number of amides is 1. The van der Waals surface area contributed by atoms with Crippen molar-refractivity contribution in [3.05, 3.63) is 52.3 Å². The smallest absolute Gasteiger partial charge is 0.220 e. The predicted molar refractivity (Wildman–Crippen MR) is 87.9 cm³/mol. The molecule has 0 unspecified atom stereocenters. The third kappa shape index (κ3) is 4.09. The number of H-pyrrole nitrogens is 1. The molecule has 0 atom stereocenters. The Hall–Kier alpha value is -2.45. The minimum absolute atomic E-state index is 0.106. The fourth-order valence-corrected chi connectivity index (χ4v) is 2.55. The summed E-state index contributed by atoms with van der Waals surface area (Å²) in [7, 11) is 0. The maximum absolute atomic E-state index is 12.0. The standard InChI is InChI=1S/C14H13Cl2N7O/c15-10-2-3-11(23-8-19-21-22-23)9(5-10)1-4-14(24)18-7-13-17-6-12(16)20-13/h2-3,5-6,8H,1,4,7H2,(H,17,20)(H,18,24). The quantitative estimate of drug-likeness (QED) is 0.694. The van der Waals surface area contributed by atoms with Crippen molar-refractivity contribution in [2.75, 3.05) is 0 Å². The minimum atomic E-state index is -0.106. The molecule has 0 aliphatic carbocycles. The van der Waals surface area contributed by atoms with Gasteiger partial charge in [0.1, 0.15) is 17.3 Å². The number of imidazole rings is 1. The summed E-state index contributed by atoms with van der Waals surface area (Å²) in [6, 6.07) is 5.37. The molecule has 3 aromatic rings. The van der Waals surface area contributed by atoms with E-state index >= 15 is 0 Å². The van der Waals surface area contributed by atoms with Crippen LogP contribution in [0.4, 0.5) is 0 Å². The van der Waals surface area contributed by atoms with Crippen LogP contribution in [-0.4, -0.2) is 36.1 Å². The van der Waals surface area contributed by atoms with Crippen LogP contribution in [0.25, 0.3) is 5.69 Å². The molecular formula is C14H13Cl2N7O. The molecule has 10 heteroatoms. The van der Waals surface area contributed by atoms with Gasteiger partial charge in [0.25, 0.3) is 0 Å². The number of nitrogens with one attached hydrogen (secondary N) is 2. The van der Waals surface area contributed by atoms with E-state index in [0.29, 0.717) is 35.4 Å². The van der Waals surface area contributed by atoms with Crippen molar-refractivity contribution < 1.29 is 4.79 Å². The predicted octanol–water partition coefficient (Wildman–Crippen LogP) is 1.94. The summed E-state index contributed by atoms with van der Waals surface area (Å²) in [6.45, 7) is 0.293. The highest BCUT2D eigenvalue weighted by Gasteiger charge is 2.10. The molecule has 0 aliphatic heterocycles. The van der Waals surface area contributed by atoms with Gasteiger partial charge in [-0.2, -0.15) is 0 Å². The molecule has 24 heavy (non-hydrogen) atoms. The number of carbonyl (C=O) groups is 1. The van der Waals surface area contributed by atoms with Crippen LogP contribution in [0, 0.1) is 0 Å². The van der Waals surface area contributed by atoms with Crippen LogP contribution in [0.2, 0.25) is 10.2 Å². The molecule has 2 aromatic heterocycles. The van der Waals surface area contributed by atoms with Crippen molar-refractivity contribution in [3.8, 4) is 5.69 Å². The summed E-state index contributed by atoms with van der Waals surface area (Å²) in [6.07, 6.45) is 3.78.